The molecule has 0 radical (unpaired) electrons. The Morgan fingerprint density at radius 2 is 2.21 bits per heavy atom. The third-order valence-electron chi connectivity index (χ3n) is 4.07. The zero-order valence-electron chi connectivity index (χ0n) is 12.7. The molecule has 0 saturated heterocycles. The first-order valence-electron chi connectivity index (χ1n) is 7.39. The van der Waals surface area contributed by atoms with Gasteiger partial charge in [-0.05, 0) is 49.6 Å². The molecule has 2 unspecified atom stereocenters. The SMILES string of the molecule is CC1=CC(C)CC(CNCC(C)(C)c2cccs2)C1. The van der Waals surface area contributed by atoms with E-state index >= 15 is 0 Å². The van der Waals surface area contributed by atoms with Gasteiger partial charge in [0.05, 0.1) is 0 Å². The topological polar surface area (TPSA) is 12.0 Å². The van der Waals surface area contributed by atoms with Crippen molar-refractivity contribution in [3.05, 3.63) is 34.0 Å². The van der Waals surface area contributed by atoms with Crippen molar-refractivity contribution in [2.24, 2.45) is 11.8 Å². The Bertz CT molecular complexity index is 416. The fourth-order valence-electron chi connectivity index (χ4n) is 3.18. The minimum absolute atomic E-state index is 0.249. The second kappa shape index (κ2) is 6.23. The first-order valence-corrected chi connectivity index (χ1v) is 8.27. The van der Waals surface area contributed by atoms with E-state index in [9.17, 15) is 0 Å². The number of hydrogen-bond acceptors (Lipinski definition) is 2. The molecular weight excluding hydrogens is 250 g/mol. The van der Waals surface area contributed by atoms with E-state index in [0.717, 1.165) is 24.9 Å². The lowest BCUT2D eigenvalue weighted by Gasteiger charge is -2.28. The summed E-state index contributed by atoms with van der Waals surface area (Å²) in [6, 6.07) is 4.40. The molecule has 106 valence electrons. The van der Waals surface area contributed by atoms with Gasteiger partial charge in [-0.15, -0.1) is 11.3 Å². The second-order valence-electron chi connectivity index (χ2n) is 6.79. The molecule has 1 heterocycles. The van der Waals surface area contributed by atoms with Crippen LogP contribution in [0.3, 0.4) is 0 Å². The molecule has 2 rings (SSSR count). The van der Waals surface area contributed by atoms with E-state index in [1.807, 2.05) is 11.3 Å². The Morgan fingerprint density at radius 3 is 2.84 bits per heavy atom. The van der Waals surface area contributed by atoms with Crippen molar-refractivity contribution in [2.45, 2.75) is 46.0 Å². The fraction of sp³-hybridized carbons (Fsp3) is 0.647. The molecule has 0 aromatic carbocycles. The zero-order valence-corrected chi connectivity index (χ0v) is 13.5. The monoisotopic (exact) mass is 277 g/mol. The lowest BCUT2D eigenvalue weighted by Crippen LogP contribution is -2.36. The van der Waals surface area contributed by atoms with Crippen LogP contribution in [0.2, 0.25) is 0 Å². The summed E-state index contributed by atoms with van der Waals surface area (Å²) in [6.07, 6.45) is 5.05. The predicted molar refractivity (Wildman–Crippen MR) is 85.9 cm³/mol. The zero-order chi connectivity index (χ0) is 13.9. The summed E-state index contributed by atoms with van der Waals surface area (Å²) in [5.74, 6) is 1.57. The Morgan fingerprint density at radius 1 is 1.42 bits per heavy atom. The van der Waals surface area contributed by atoms with Crippen LogP contribution < -0.4 is 5.32 Å². The van der Waals surface area contributed by atoms with Crippen LogP contribution in [-0.4, -0.2) is 13.1 Å². The Hall–Kier alpha value is -0.600. The van der Waals surface area contributed by atoms with Crippen molar-refractivity contribution in [3.8, 4) is 0 Å². The summed E-state index contributed by atoms with van der Waals surface area (Å²) >= 11 is 1.87. The minimum Gasteiger partial charge on any atom is -0.316 e. The van der Waals surface area contributed by atoms with Gasteiger partial charge < -0.3 is 5.32 Å². The van der Waals surface area contributed by atoms with E-state index < -0.39 is 0 Å². The largest absolute Gasteiger partial charge is 0.316 e. The van der Waals surface area contributed by atoms with Crippen molar-refractivity contribution >= 4 is 11.3 Å². The van der Waals surface area contributed by atoms with Crippen molar-refractivity contribution in [3.63, 3.8) is 0 Å². The first kappa shape index (κ1) is 14.8. The summed E-state index contributed by atoms with van der Waals surface area (Å²) in [5.41, 5.74) is 1.82. The highest BCUT2D eigenvalue weighted by Gasteiger charge is 2.23. The van der Waals surface area contributed by atoms with Gasteiger partial charge in [-0.3, -0.25) is 0 Å². The van der Waals surface area contributed by atoms with Gasteiger partial charge in [0, 0.05) is 16.8 Å². The van der Waals surface area contributed by atoms with E-state index in [4.69, 9.17) is 0 Å². The maximum atomic E-state index is 3.70. The molecule has 0 amide bonds. The number of thiophene rings is 1. The Labute approximate surface area is 122 Å². The van der Waals surface area contributed by atoms with Gasteiger partial charge in [-0.2, -0.15) is 0 Å². The lowest BCUT2D eigenvalue weighted by molar-refractivity contribution is 0.363. The molecule has 1 aliphatic carbocycles. The maximum absolute atomic E-state index is 3.70. The highest BCUT2D eigenvalue weighted by Crippen LogP contribution is 2.29. The van der Waals surface area contributed by atoms with Gasteiger partial charge >= 0.3 is 0 Å². The smallest absolute Gasteiger partial charge is 0.0115 e. The third-order valence-corrected chi connectivity index (χ3v) is 5.31. The standard InChI is InChI=1S/C17H27NS/c1-13-8-14(2)10-15(9-13)11-18-12-17(3,4)16-6-5-7-19-16/h5-8,13,15,18H,9-12H2,1-4H3. The number of nitrogens with one attached hydrogen (secondary N) is 1. The summed E-state index contributed by atoms with van der Waals surface area (Å²) < 4.78 is 0. The number of hydrogen-bond donors (Lipinski definition) is 1. The van der Waals surface area contributed by atoms with Gasteiger partial charge in [0.2, 0.25) is 0 Å². The lowest BCUT2D eigenvalue weighted by atomic mass is 9.83. The highest BCUT2D eigenvalue weighted by atomic mass is 32.1. The normalized spacial score (nSPS) is 24.3. The van der Waals surface area contributed by atoms with Crippen LogP contribution in [0, 0.1) is 11.8 Å². The molecule has 1 N–H and O–H groups in total. The molecule has 19 heavy (non-hydrogen) atoms. The van der Waals surface area contributed by atoms with E-state index in [0.29, 0.717) is 0 Å². The molecule has 1 aromatic rings. The van der Waals surface area contributed by atoms with E-state index in [1.165, 1.54) is 17.7 Å². The summed E-state index contributed by atoms with van der Waals surface area (Å²) in [7, 11) is 0. The molecule has 1 nitrogen and oxygen atoms in total. The molecule has 2 atom stereocenters. The van der Waals surface area contributed by atoms with E-state index in [1.54, 1.807) is 5.57 Å². The molecule has 0 saturated carbocycles. The van der Waals surface area contributed by atoms with Gasteiger partial charge in [-0.1, -0.05) is 38.5 Å². The van der Waals surface area contributed by atoms with Crippen LogP contribution >= 0.6 is 11.3 Å². The van der Waals surface area contributed by atoms with Crippen LogP contribution in [0.1, 0.15) is 45.4 Å². The van der Waals surface area contributed by atoms with Gasteiger partial charge in [0.15, 0.2) is 0 Å². The minimum atomic E-state index is 0.249. The summed E-state index contributed by atoms with van der Waals surface area (Å²) in [5, 5.41) is 5.88. The molecule has 0 bridgehead atoms. The van der Waals surface area contributed by atoms with Crippen molar-refractivity contribution in [1.29, 1.82) is 0 Å². The van der Waals surface area contributed by atoms with Crippen LogP contribution in [0.15, 0.2) is 29.2 Å². The highest BCUT2D eigenvalue weighted by molar-refractivity contribution is 7.10. The van der Waals surface area contributed by atoms with Crippen LogP contribution in [0.25, 0.3) is 0 Å². The Kier molecular flexibility index (Phi) is 4.86. The van der Waals surface area contributed by atoms with Crippen molar-refractivity contribution in [2.75, 3.05) is 13.1 Å². The quantitative estimate of drug-likeness (QED) is 0.775. The summed E-state index contributed by atoms with van der Waals surface area (Å²) in [4.78, 5) is 1.48. The fourth-order valence-corrected chi connectivity index (χ4v) is 4.03. The predicted octanol–water partition coefficient (Wildman–Crippen LogP) is 4.61. The number of rotatable bonds is 5. The van der Waals surface area contributed by atoms with Crippen LogP contribution in [-0.2, 0) is 5.41 Å². The second-order valence-corrected chi connectivity index (χ2v) is 7.74. The van der Waals surface area contributed by atoms with Crippen molar-refractivity contribution in [1.82, 2.24) is 5.32 Å². The molecule has 1 aliphatic rings. The van der Waals surface area contributed by atoms with Crippen LogP contribution in [0.5, 0.6) is 0 Å². The van der Waals surface area contributed by atoms with E-state index in [2.05, 4.69) is 56.6 Å². The Balaban J connectivity index is 1.79. The molecular formula is C17H27NS. The summed E-state index contributed by atoms with van der Waals surface area (Å²) in [6.45, 7) is 11.5. The van der Waals surface area contributed by atoms with Crippen LogP contribution in [0.4, 0.5) is 0 Å². The molecule has 2 heteroatoms. The third kappa shape index (κ3) is 4.19. The maximum Gasteiger partial charge on any atom is 0.0115 e. The molecule has 0 spiro atoms. The van der Waals surface area contributed by atoms with Crippen molar-refractivity contribution < 1.29 is 0 Å². The molecule has 0 aliphatic heterocycles. The molecule has 1 aromatic heterocycles. The number of allylic oxidation sites excluding steroid dienone is 2. The average Bonchev–Trinajstić information content (AvgIpc) is 2.81. The molecule has 0 fully saturated rings. The van der Waals surface area contributed by atoms with Gasteiger partial charge in [-0.25, -0.2) is 0 Å². The first-order chi connectivity index (χ1) is 8.97. The average molecular weight is 277 g/mol. The van der Waals surface area contributed by atoms with Gasteiger partial charge in [0.1, 0.15) is 0 Å². The van der Waals surface area contributed by atoms with E-state index in [-0.39, 0.29) is 5.41 Å². The van der Waals surface area contributed by atoms with Gasteiger partial charge in [0.25, 0.3) is 0 Å².